The van der Waals surface area contributed by atoms with Crippen LogP contribution in [0.2, 0.25) is 0 Å². The second-order valence-corrected chi connectivity index (χ2v) is 7.55. The van der Waals surface area contributed by atoms with Crippen molar-refractivity contribution in [3.8, 4) is 11.5 Å². The Morgan fingerprint density at radius 1 is 1.00 bits per heavy atom. The normalized spacial score (nSPS) is 16.6. The Bertz CT molecular complexity index is 922. The standard InChI is InChI=1S/C24H27NO5/c1-16(17-8-5-4-6-9-17)25-23(28)15-24(21(26)10-7-11-22(24)27)18-12-13-19(29-2)20(14-18)30-3/h4-6,8-9,12-14,16H,7,10-11,15H2,1-3H3,(H,25,28)/t16-/m1/s1. The van der Waals surface area contributed by atoms with Gasteiger partial charge in [0.25, 0.3) is 0 Å². The minimum absolute atomic E-state index is 0.225. The molecule has 3 rings (SSSR count). The Morgan fingerprint density at radius 3 is 2.23 bits per heavy atom. The molecule has 0 heterocycles. The van der Waals surface area contributed by atoms with E-state index in [0.29, 0.717) is 23.5 Å². The molecule has 6 heteroatoms. The van der Waals surface area contributed by atoms with E-state index in [1.165, 1.54) is 14.2 Å². The molecule has 0 bridgehead atoms. The highest BCUT2D eigenvalue weighted by Crippen LogP contribution is 2.41. The second kappa shape index (κ2) is 9.11. The molecule has 2 aromatic rings. The molecule has 1 saturated carbocycles. The monoisotopic (exact) mass is 409 g/mol. The molecule has 158 valence electrons. The fourth-order valence-corrected chi connectivity index (χ4v) is 4.07. The Hall–Kier alpha value is -3.15. The Balaban J connectivity index is 1.94. The number of carbonyl (C=O) groups is 3. The number of rotatable bonds is 7. The third-order valence-corrected chi connectivity index (χ3v) is 5.74. The van der Waals surface area contributed by atoms with Crippen LogP contribution in [0.25, 0.3) is 0 Å². The zero-order valence-electron chi connectivity index (χ0n) is 17.6. The lowest BCUT2D eigenvalue weighted by Crippen LogP contribution is -2.50. The number of ether oxygens (including phenoxy) is 2. The van der Waals surface area contributed by atoms with Gasteiger partial charge in [0.2, 0.25) is 5.91 Å². The highest BCUT2D eigenvalue weighted by atomic mass is 16.5. The first-order chi connectivity index (χ1) is 14.4. The second-order valence-electron chi connectivity index (χ2n) is 7.55. The first-order valence-electron chi connectivity index (χ1n) is 10.1. The molecule has 0 aromatic heterocycles. The summed E-state index contributed by atoms with van der Waals surface area (Å²) in [6.45, 7) is 1.88. The molecular weight excluding hydrogens is 382 g/mol. The molecular formula is C24H27NO5. The molecule has 0 aliphatic heterocycles. The highest BCUT2D eigenvalue weighted by molar-refractivity contribution is 6.16. The molecule has 1 aliphatic rings. The van der Waals surface area contributed by atoms with Gasteiger partial charge in [0.1, 0.15) is 5.41 Å². The van der Waals surface area contributed by atoms with Gasteiger partial charge >= 0.3 is 0 Å². The van der Waals surface area contributed by atoms with Gasteiger partial charge < -0.3 is 14.8 Å². The van der Waals surface area contributed by atoms with Crippen LogP contribution in [0.3, 0.4) is 0 Å². The lowest BCUT2D eigenvalue weighted by atomic mass is 9.65. The molecule has 6 nitrogen and oxygen atoms in total. The summed E-state index contributed by atoms with van der Waals surface area (Å²) in [6.07, 6.45) is 0.815. The van der Waals surface area contributed by atoms with E-state index in [4.69, 9.17) is 9.47 Å². The molecule has 1 atom stereocenters. The molecule has 0 unspecified atom stereocenters. The van der Waals surface area contributed by atoms with Crippen LogP contribution in [-0.4, -0.2) is 31.7 Å². The first-order valence-corrected chi connectivity index (χ1v) is 10.1. The lowest BCUT2D eigenvalue weighted by molar-refractivity contribution is -0.142. The average Bonchev–Trinajstić information content (AvgIpc) is 2.76. The predicted molar refractivity (Wildman–Crippen MR) is 113 cm³/mol. The summed E-state index contributed by atoms with van der Waals surface area (Å²) in [5.41, 5.74) is -0.0807. The van der Waals surface area contributed by atoms with Crippen LogP contribution in [-0.2, 0) is 19.8 Å². The van der Waals surface area contributed by atoms with Gasteiger partial charge in [-0.3, -0.25) is 14.4 Å². The number of nitrogens with one attached hydrogen (secondary N) is 1. The number of carbonyl (C=O) groups excluding carboxylic acids is 3. The Morgan fingerprint density at radius 2 is 1.63 bits per heavy atom. The highest BCUT2D eigenvalue weighted by Gasteiger charge is 2.50. The van der Waals surface area contributed by atoms with Crippen molar-refractivity contribution in [1.82, 2.24) is 5.32 Å². The van der Waals surface area contributed by atoms with Crippen molar-refractivity contribution >= 4 is 17.5 Å². The van der Waals surface area contributed by atoms with Gasteiger partial charge in [-0.25, -0.2) is 0 Å². The quantitative estimate of drug-likeness (QED) is 0.708. The average molecular weight is 409 g/mol. The van der Waals surface area contributed by atoms with Crippen molar-refractivity contribution in [3.05, 3.63) is 59.7 Å². The number of Topliss-reactive ketones (excluding diaryl/α,β-unsaturated/α-hetero) is 2. The number of hydrogen-bond acceptors (Lipinski definition) is 5. The van der Waals surface area contributed by atoms with Gasteiger partial charge in [-0.1, -0.05) is 36.4 Å². The topological polar surface area (TPSA) is 81.7 Å². The van der Waals surface area contributed by atoms with Crippen LogP contribution in [0.1, 0.15) is 49.8 Å². The van der Waals surface area contributed by atoms with Crippen LogP contribution in [0.15, 0.2) is 48.5 Å². The lowest BCUT2D eigenvalue weighted by Gasteiger charge is -2.35. The number of benzene rings is 2. The SMILES string of the molecule is COc1ccc(C2(CC(=O)N[C@H](C)c3ccccc3)C(=O)CCCC2=O)cc1OC. The number of hydrogen-bond donors (Lipinski definition) is 1. The van der Waals surface area contributed by atoms with E-state index >= 15 is 0 Å². The van der Waals surface area contributed by atoms with Crippen molar-refractivity contribution in [1.29, 1.82) is 0 Å². The predicted octanol–water partition coefficient (Wildman–Crippen LogP) is 3.53. The van der Waals surface area contributed by atoms with E-state index in [9.17, 15) is 14.4 Å². The summed E-state index contributed by atoms with van der Waals surface area (Å²) < 4.78 is 10.6. The van der Waals surface area contributed by atoms with Crippen LogP contribution in [0.5, 0.6) is 11.5 Å². The van der Waals surface area contributed by atoms with E-state index in [1.54, 1.807) is 18.2 Å². The van der Waals surface area contributed by atoms with E-state index in [0.717, 1.165) is 5.56 Å². The van der Waals surface area contributed by atoms with E-state index in [1.807, 2.05) is 37.3 Å². The minimum Gasteiger partial charge on any atom is -0.493 e. The molecule has 1 fully saturated rings. The van der Waals surface area contributed by atoms with Crippen LogP contribution >= 0.6 is 0 Å². The summed E-state index contributed by atoms with van der Waals surface area (Å²) in [4.78, 5) is 39.2. The van der Waals surface area contributed by atoms with E-state index < -0.39 is 5.41 Å². The van der Waals surface area contributed by atoms with Gasteiger partial charge in [-0.15, -0.1) is 0 Å². The molecule has 1 aliphatic carbocycles. The molecule has 0 radical (unpaired) electrons. The molecule has 1 N–H and O–H groups in total. The summed E-state index contributed by atoms with van der Waals surface area (Å²) in [7, 11) is 3.01. The Kier molecular flexibility index (Phi) is 6.55. The van der Waals surface area contributed by atoms with Crippen molar-refractivity contribution in [2.45, 2.75) is 44.1 Å². The number of ketones is 2. The number of methoxy groups -OCH3 is 2. The third kappa shape index (κ3) is 4.08. The smallest absolute Gasteiger partial charge is 0.222 e. The van der Waals surface area contributed by atoms with E-state index in [-0.39, 0.29) is 42.8 Å². The van der Waals surface area contributed by atoms with Crippen LogP contribution in [0, 0.1) is 0 Å². The van der Waals surface area contributed by atoms with Gasteiger partial charge in [0.15, 0.2) is 23.1 Å². The fraction of sp³-hybridized carbons (Fsp3) is 0.375. The fourth-order valence-electron chi connectivity index (χ4n) is 4.07. The number of amides is 1. The molecule has 0 spiro atoms. The zero-order chi connectivity index (χ0) is 21.7. The van der Waals surface area contributed by atoms with Gasteiger partial charge in [0.05, 0.1) is 26.7 Å². The largest absolute Gasteiger partial charge is 0.493 e. The van der Waals surface area contributed by atoms with Gasteiger partial charge in [0, 0.05) is 12.8 Å². The maximum Gasteiger partial charge on any atom is 0.222 e. The first kappa shape index (κ1) is 21.6. The summed E-state index contributed by atoms with van der Waals surface area (Å²) in [5, 5.41) is 2.93. The molecule has 2 aromatic carbocycles. The summed E-state index contributed by atoms with van der Waals surface area (Å²) >= 11 is 0. The molecule has 1 amide bonds. The summed E-state index contributed by atoms with van der Waals surface area (Å²) in [5.74, 6) is 0.111. The third-order valence-electron chi connectivity index (χ3n) is 5.74. The molecule has 30 heavy (non-hydrogen) atoms. The van der Waals surface area contributed by atoms with Crippen molar-refractivity contribution in [3.63, 3.8) is 0 Å². The summed E-state index contributed by atoms with van der Waals surface area (Å²) in [6, 6.07) is 14.3. The maximum absolute atomic E-state index is 13.1. The van der Waals surface area contributed by atoms with Gasteiger partial charge in [-0.2, -0.15) is 0 Å². The van der Waals surface area contributed by atoms with E-state index in [2.05, 4.69) is 5.32 Å². The van der Waals surface area contributed by atoms with Gasteiger partial charge in [-0.05, 0) is 36.6 Å². The van der Waals surface area contributed by atoms with Crippen LogP contribution in [0.4, 0.5) is 0 Å². The Labute approximate surface area is 176 Å². The van der Waals surface area contributed by atoms with Crippen molar-refractivity contribution in [2.75, 3.05) is 14.2 Å². The van der Waals surface area contributed by atoms with Crippen LogP contribution < -0.4 is 14.8 Å². The van der Waals surface area contributed by atoms with Crippen molar-refractivity contribution < 1.29 is 23.9 Å². The minimum atomic E-state index is -1.50. The zero-order valence-corrected chi connectivity index (χ0v) is 17.6. The maximum atomic E-state index is 13.1. The van der Waals surface area contributed by atoms with Crippen molar-refractivity contribution in [2.24, 2.45) is 0 Å². The molecule has 0 saturated heterocycles.